The zero-order valence-electron chi connectivity index (χ0n) is 13.8. The fourth-order valence-electron chi connectivity index (χ4n) is 1.75. The van der Waals surface area contributed by atoms with Gasteiger partial charge in [0, 0.05) is 12.4 Å². The van der Waals surface area contributed by atoms with Gasteiger partial charge in [-0.1, -0.05) is 18.2 Å². The Morgan fingerprint density at radius 1 is 0.607 bits per heavy atom. The van der Waals surface area contributed by atoms with Gasteiger partial charge in [0.1, 0.15) is 0 Å². The summed E-state index contributed by atoms with van der Waals surface area (Å²) in [6, 6.07) is 17.5. The predicted molar refractivity (Wildman–Crippen MR) is 95.0 cm³/mol. The molecule has 3 aromatic rings. The normalized spacial score (nSPS) is 8.29. The Kier molecular flexibility index (Phi) is 13.7. The van der Waals surface area contributed by atoms with Crippen LogP contribution in [0.4, 0.5) is 0 Å². The van der Waals surface area contributed by atoms with Crippen molar-refractivity contribution >= 4 is 0 Å². The molecule has 0 aliphatic rings. The molecule has 0 aliphatic heterocycles. The maximum Gasteiger partial charge on any atom is 2.00 e. The van der Waals surface area contributed by atoms with E-state index in [1.165, 1.54) is 0 Å². The van der Waals surface area contributed by atoms with Crippen LogP contribution in [0.3, 0.4) is 0 Å². The SMILES string of the molecule is O.O=[N+]([O-])[O-].O=[N+]([O-])[O-].[Cu+2].c1ccc(-c2cccc(-c3ccccn3)n2)nc1. The van der Waals surface area contributed by atoms with Crippen LogP contribution in [0.25, 0.3) is 22.8 Å². The summed E-state index contributed by atoms with van der Waals surface area (Å²) in [7, 11) is 0. The molecule has 28 heavy (non-hydrogen) atoms. The van der Waals surface area contributed by atoms with E-state index in [9.17, 15) is 0 Å². The van der Waals surface area contributed by atoms with Crippen LogP contribution in [-0.2, 0) is 17.1 Å². The van der Waals surface area contributed by atoms with Gasteiger partial charge in [-0.05, 0) is 36.4 Å². The summed E-state index contributed by atoms with van der Waals surface area (Å²) in [6.07, 6.45) is 3.54. The van der Waals surface area contributed by atoms with E-state index in [0.717, 1.165) is 22.8 Å². The molecule has 3 heterocycles. The summed E-state index contributed by atoms with van der Waals surface area (Å²) < 4.78 is 0. The first-order chi connectivity index (χ1) is 12.4. The molecule has 0 spiro atoms. The number of hydrogen-bond acceptors (Lipinski definition) is 9. The van der Waals surface area contributed by atoms with Gasteiger partial charge in [-0.25, -0.2) is 4.98 Å². The summed E-state index contributed by atoms with van der Waals surface area (Å²) >= 11 is 0. The molecular weight excluding hydrogens is 426 g/mol. The van der Waals surface area contributed by atoms with Crippen molar-refractivity contribution in [2.75, 3.05) is 0 Å². The van der Waals surface area contributed by atoms with Crippen LogP contribution in [-0.4, -0.2) is 30.6 Å². The molecule has 0 bridgehead atoms. The number of hydrogen-bond donors (Lipinski definition) is 0. The third-order valence-corrected chi connectivity index (χ3v) is 2.60. The topological polar surface area (TPSA) is 203 Å². The van der Waals surface area contributed by atoms with E-state index in [1.54, 1.807) is 12.4 Å². The Bertz CT molecular complexity index is 766. The van der Waals surface area contributed by atoms with E-state index in [4.69, 9.17) is 30.6 Å². The monoisotopic (exact) mass is 438 g/mol. The third-order valence-electron chi connectivity index (χ3n) is 2.60. The molecule has 12 nitrogen and oxygen atoms in total. The maximum absolute atomic E-state index is 8.25. The minimum Gasteiger partial charge on any atom is -0.412 e. The first-order valence-electron chi connectivity index (χ1n) is 6.83. The zero-order chi connectivity index (χ0) is 19.4. The van der Waals surface area contributed by atoms with E-state index in [0.29, 0.717) is 0 Å². The molecule has 0 fully saturated rings. The van der Waals surface area contributed by atoms with Crippen molar-refractivity contribution in [3.8, 4) is 22.8 Å². The number of pyridine rings is 3. The van der Waals surface area contributed by atoms with Crippen LogP contribution in [0.1, 0.15) is 0 Å². The molecule has 151 valence electrons. The largest absolute Gasteiger partial charge is 2.00 e. The summed E-state index contributed by atoms with van der Waals surface area (Å²) in [6.45, 7) is 0. The molecule has 0 amide bonds. The molecule has 0 saturated carbocycles. The van der Waals surface area contributed by atoms with Crippen molar-refractivity contribution < 1.29 is 32.7 Å². The second-order valence-corrected chi connectivity index (χ2v) is 4.29. The average molecular weight is 439 g/mol. The van der Waals surface area contributed by atoms with Gasteiger partial charge in [-0.3, -0.25) is 9.97 Å². The smallest absolute Gasteiger partial charge is 0.412 e. The number of nitrogens with zero attached hydrogens (tertiary/aromatic N) is 5. The molecular formula is C15H13CuN5O7. The zero-order valence-corrected chi connectivity index (χ0v) is 14.8. The molecule has 0 aliphatic carbocycles. The number of aromatic nitrogens is 3. The maximum atomic E-state index is 8.25. The van der Waals surface area contributed by atoms with Gasteiger partial charge in [0.2, 0.25) is 0 Å². The van der Waals surface area contributed by atoms with Crippen molar-refractivity contribution in [1.29, 1.82) is 0 Å². The van der Waals surface area contributed by atoms with E-state index in [1.807, 2.05) is 54.6 Å². The van der Waals surface area contributed by atoms with Crippen LogP contribution in [0, 0.1) is 30.6 Å². The first-order valence-corrected chi connectivity index (χ1v) is 6.83. The summed E-state index contributed by atoms with van der Waals surface area (Å²) in [5, 5.41) is 29.5. The van der Waals surface area contributed by atoms with Crippen molar-refractivity contribution in [2.45, 2.75) is 0 Å². The molecule has 1 radical (unpaired) electrons. The number of rotatable bonds is 2. The molecule has 0 unspecified atom stereocenters. The second-order valence-electron chi connectivity index (χ2n) is 4.29. The van der Waals surface area contributed by atoms with Crippen LogP contribution in [0.15, 0.2) is 67.0 Å². The molecule has 3 aromatic heterocycles. The minimum atomic E-state index is -1.75. The molecule has 3 rings (SSSR count). The van der Waals surface area contributed by atoms with Gasteiger partial charge in [-0.15, -0.1) is 0 Å². The molecule has 0 saturated heterocycles. The van der Waals surface area contributed by atoms with Crippen LogP contribution >= 0.6 is 0 Å². The Morgan fingerprint density at radius 2 is 0.929 bits per heavy atom. The van der Waals surface area contributed by atoms with Gasteiger partial charge in [-0.2, -0.15) is 0 Å². The summed E-state index contributed by atoms with van der Waals surface area (Å²) in [5.41, 5.74) is 3.46. The van der Waals surface area contributed by atoms with Crippen molar-refractivity contribution in [2.24, 2.45) is 0 Å². The molecule has 0 atom stereocenters. The summed E-state index contributed by atoms with van der Waals surface area (Å²) in [5.74, 6) is 0. The fraction of sp³-hybridized carbons (Fsp3) is 0. The first kappa shape index (κ1) is 26.6. The van der Waals surface area contributed by atoms with Gasteiger partial charge in [0.05, 0.1) is 32.9 Å². The summed E-state index contributed by atoms with van der Waals surface area (Å²) in [4.78, 5) is 29.7. The Morgan fingerprint density at radius 3 is 1.21 bits per heavy atom. The Balaban J connectivity index is 0. The van der Waals surface area contributed by atoms with Gasteiger partial charge in [0.15, 0.2) is 0 Å². The standard InChI is InChI=1S/C15H11N3.Cu.2NO3.H2O/c1-3-10-16-12(6-1)14-8-5-9-15(18-14)13-7-2-4-11-17-13;;2*2-1(3)4;/h1-11H;;;;1H2/q;+2;2*-1;. The fourth-order valence-corrected chi connectivity index (χ4v) is 1.75. The third kappa shape index (κ3) is 11.0. The second kappa shape index (κ2) is 14.5. The average Bonchev–Trinajstić information content (AvgIpc) is 2.62. The van der Waals surface area contributed by atoms with Crippen LogP contribution < -0.4 is 0 Å². The van der Waals surface area contributed by atoms with Gasteiger partial charge < -0.3 is 36.1 Å². The predicted octanol–water partition coefficient (Wildman–Crippen LogP) is 1.90. The Hall–Kier alpha value is -3.67. The Labute approximate surface area is 168 Å². The van der Waals surface area contributed by atoms with E-state index in [-0.39, 0.29) is 22.5 Å². The van der Waals surface area contributed by atoms with E-state index < -0.39 is 10.2 Å². The van der Waals surface area contributed by atoms with Gasteiger partial charge in [0.25, 0.3) is 0 Å². The van der Waals surface area contributed by atoms with Crippen molar-refractivity contribution in [3.05, 3.63) is 97.6 Å². The quantitative estimate of drug-likeness (QED) is 0.325. The molecule has 2 N–H and O–H groups in total. The van der Waals surface area contributed by atoms with Crippen molar-refractivity contribution in [3.63, 3.8) is 0 Å². The van der Waals surface area contributed by atoms with Gasteiger partial charge >= 0.3 is 17.1 Å². The molecule has 13 heteroatoms. The minimum absolute atomic E-state index is 0. The van der Waals surface area contributed by atoms with Crippen LogP contribution in [0.2, 0.25) is 0 Å². The van der Waals surface area contributed by atoms with Crippen molar-refractivity contribution in [1.82, 2.24) is 15.0 Å². The van der Waals surface area contributed by atoms with E-state index in [2.05, 4.69) is 15.0 Å². The van der Waals surface area contributed by atoms with E-state index >= 15 is 0 Å². The van der Waals surface area contributed by atoms with Crippen LogP contribution in [0.5, 0.6) is 0 Å². The molecule has 0 aromatic carbocycles.